The number of Topliss-reactive ketones (excluding diaryl/α,β-unsaturated/α-hetero) is 1. The Bertz CT molecular complexity index is 812. The van der Waals surface area contributed by atoms with Crippen LogP contribution in [0.3, 0.4) is 0 Å². The Labute approximate surface area is 136 Å². The molecule has 0 saturated heterocycles. The predicted octanol–water partition coefficient (Wildman–Crippen LogP) is 4.33. The summed E-state index contributed by atoms with van der Waals surface area (Å²) in [5.74, 6) is 1.66. The first-order chi connectivity index (χ1) is 11.3. The van der Waals surface area contributed by atoms with Crippen LogP contribution >= 0.6 is 0 Å². The summed E-state index contributed by atoms with van der Waals surface area (Å²) in [7, 11) is 1.63. The Balaban J connectivity index is 1.60. The van der Waals surface area contributed by atoms with Crippen molar-refractivity contribution in [3.05, 3.63) is 89.0 Å². The summed E-state index contributed by atoms with van der Waals surface area (Å²) in [6.07, 6.45) is 7.34. The third-order valence-corrected chi connectivity index (χ3v) is 4.82. The van der Waals surface area contributed by atoms with Crippen LogP contribution < -0.4 is 4.74 Å². The van der Waals surface area contributed by atoms with E-state index in [0.717, 1.165) is 17.7 Å². The fraction of sp³-hybridized carbons (Fsp3) is 0.190. The van der Waals surface area contributed by atoms with Gasteiger partial charge in [-0.15, -0.1) is 0 Å². The summed E-state index contributed by atoms with van der Waals surface area (Å²) >= 11 is 0. The fourth-order valence-corrected chi connectivity index (χ4v) is 3.62. The maximum atomic E-state index is 12.7. The van der Waals surface area contributed by atoms with Crippen LogP contribution in [0.1, 0.15) is 27.4 Å². The minimum absolute atomic E-state index is 0.0818. The molecule has 0 heterocycles. The molecular formula is C21H18O2. The van der Waals surface area contributed by atoms with Gasteiger partial charge in [0.2, 0.25) is 0 Å². The van der Waals surface area contributed by atoms with Crippen molar-refractivity contribution in [1.82, 2.24) is 0 Å². The molecule has 0 aromatic heterocycles. The van der Waals surface area contributed by atoms with Crippen LogP contribution in [-0.4, -0.2) is 12.9 Å². The van der Waals surface area contributed by atoms with E-state index in [2.05, 4.69) is 36.4 Å². The molecule has 0 N–H and O–H groups in total. The number of carbonyl (C=O) groups is 1. The zero-order chi connectivity index (χ0) is 15.8. The zero-order valence-electron chi connectivity index (χ0n) is 13.0. The molecular weight excluding hydrogens is 284 g/mol. The van der Waals surface area contributed by atoms with Gasteiger partial charge in [-0.25, -0.2) is 0 Å². The van der Waals surface area contributed by atoms with E-state index in [4.69, 9.17) is 4.74 Å². The lowest BCUT2D eigenvalue weighted by Crippen LogP contribution is -2.12. The Morgan fingerprint density at radius 1 is 1.09 bits per heavy atom. The van der Waals surface area contributed by atoms with Gasteiger partial charge in [0.05, 0.1) is 7.11 Å². The lowest BCUT2D eigenvalue weighted by molar-refractivity contribution is 0.103. The van der Waals surface area contributed by atoms with E-state index in [0.29, 0.717) is 17.4 Å². The van der Waals surface area contributed by atoms with E-state index < -0.39 is 0 Å². The molecule has 2 aromatic carbocycles. The van der Waals surface area contributed by atoms with Crippen molar-refractivity contribution >= 4 is 5.78 Å². The molecule has 0 spiro atoms. The van der Waals surface area contributed by atoms with Gasteiger partial charge < -0.3 is 4.74 Å². The summed E-state index contributed by atoms with van der Waals surface area (Å²) < 4.78 is 5.15. The Morgan fingerprint density at radius 3 is 2.65 bits per heavy atom. The standard InChI is InChI=1S/C21H18O2/c1-23-18-9-6-14(7-10-18)21(22)16-8-11-20-17(13-16)12-15-4-2-3-5-19(15)20/h2-11,13,17,20H,12H2,1H3/t17-,20-/m1/s1. The van der Waals surface area contributed by atoms with Gasteiger partial charge in [0.25, 0.3) is 0 Å². The van der Waals surface area contributed by atoms with Crippen molar-refractivity contribution in [2.24, 2.45) is 5.92 Å². The average molecular weight is 302 g/mol. The van der Waals surface area contributed by atoms with Crippen LogP contribution in [0.4, 0.5) is 0 Å². The summed E-state index contributed by atoms with van der Waals surface area (Å²) in [5.41, 5.74) is 4.31. The minimum atomic E-state index is 0.0818. The van der Waals surface area contributed by atoms with Crippen molar-refractivity contribution in [2.45, 2.75) is 12.3 Å². The zero-order valence-corrected chi connectivity index (χ0v) is 13.0. The predicted molar refractivity (Wildman–Crippen MR) is 90.9 cm³/mol. The van der Waals surface area contributed by atoms with Gasteiger partial charge in [0.15, 0.2) is 5.78 Å². The number of hydrogen-bond acceptors (Lipinski definition) is 2. The van der Waals surface area contributed by atoms with E-state index >= 15 is 0 Å². The molecule has 0 aliphatic heterocycles. The molecule has 0 fully saturated rings. The second-order valence-electron chi connectivity index (χ2n) is 6.13. The van der Waals surface area contributed by atoms with E-state index in [1.54, 1.807) is 7.11 Å². The summed E-state index contributed by atoms with van der Waals surface area (Å²) in [6, 6.07) is 15.9. The highest BCUT2D eigenvalue weighted by Gasteiger charge is 2.32. The number of ketones is 1. The fourth-order valence-electron chi connectivity index (χ4n) is 3.62. The first-order valence-electron chi connectivity index (χ1n) is 7.93. The van der Waals surface area contributed by atoms with Gasteiger partial charge in [0, 0.05) is 17.1 Å². The molecule has 0 bridgehead atoms. The number of benzene rings is 2. The van der Waals surface area contributed by atoms with Crippen LogP contribution in [-0.2, 0) is 6.42 Å². The third-order valence-electron chi connectivity index (χ3n) is 4.82. The molecule has 0 saturated carbocycles. The molecule has 2 aliphatic rings. The first kappa shape index (κ1) is 14.0. The van der Waals surface area contributed by atoms with Gasteiger partial charge in [-0.3, -0.25) is 4.79 Å². The summed E-state index contributed by atoms with van der Waals surface area (Å²) in [6.45, 7) is 0. The Hall–Kier alpha value is -2.61. The monoisotopic (exact) mass is 302 g/mol. The van der Waals surface area contributed by atoms with Gasteiger partial charge in [-0.05, 0) is 47.7 Å². The van der Waals surface area contributed by atoms with Crippen LogP contribution in [0.5, 0.6) is 5.75 Å². The first-order valence-corrected chi connectivity index (χ1v) is 7.93. The average Bonchev–Trinajstić information content (AvgIpc) is 2.99. The number of ether oxygens (including phenoxy) is 1. The molecule has 0 amide bonds. The van der Waals surface area contributed by atoms with E-state index in [9.17, 15) is 4.79 Å². The molecule has 23 heavy (non-hydrogen) atoms. The van der Waals surface area contributed by atoms with Crippen LogP contribution in [0.15, 0.2) is 72.3 Å². The van der Waals surface area contributed by atoms with Gasteiger partial charge >= 0.3 is 0 Å². The Morgan fingerprint density at radius 2 is 1.87 bits per heavy atom. The van der Waals surface area contributed by atoms with Crippen molar-refractivity contribution in [1.29, 1.82) is 0 Å². The van der Waals surface area contributed by atoms with Gasteiger partial charge in [-0.1, -0.05) is 42.5 Å². The summed E-state index contributed by atoms with van der Waals surface area (Å²) in [5, 5.41) is 0. The van der Waals surface area contributed by atoms with Crippen molar-refractivity contribution in [3.63, 3.8) is 0 Å². The topological polar surface area (TPSA) is 26.3 Å². The number of rotatable bonds is 3. The maximum absolute atomic E-state index is 12.7. The second-order valence-corrected chi connectivity index (χ2v) is 6.13. The summed E-state index contributed by atoms with van der Waals surface area (Å²) in [4.78, 5) is 12.7. The van der Waals surface area contributed by atoms with Crippen LogP contribution in [0, 0.1) is 5.92 Å². The van der Waals surface area contributed by atoms with Crippen molar-refractivity contribution in [2.75, 3.05) is 7.11 Å². The number of carbonyl (C=O) groups excluding carboxylic acids is 1. The van der Waals surface area contributed by atoms with Crippen LogP contribution in [0.25, 0.3) is 0 Å². The highest BCUT2D eigenvalue weighted by atomic mass is 16.5. The normalized spacial score (nSPS) is 21.3. The maximum Gasteiger partial charge on any atom is 0.192 e. The highest BCUT2D eigenvalue weighted by molar-refractivity contribution is 6.10. The number of fused-ring (bicyclic) bond motifs is 3. The lowest BCUT2D eigenvalue weighted by Gasteiger charge is -2.19. The van der Waals surface area contributed by atoms with Crippen molar-refractivity contribution < 1.29 is 9.53 Å². The molecule has 2 heteroatoms. The molecule has 2 atom stereocenters. The van der Waals surface area contributed by atoms with Gasteiger partial charge in [0.1, 0.15) is 5.75 Å². The third kappa shape index (κ3) is 2.40. The van der Waals surface area contributed by atoms with Crippen LogP contribution in [0.2, 0.25) is 0 Å². The largest absolute Gasteiger partial charge is 0.497 e. The van der Waals surface area contributed by atoms with Crippen molar-refractivity contribution in [3.8, 4) is 5.75 Å². The highest BCUT2D eigenvalue weighted by Crippen LogP contribution is 2.42. The van der Waals surface area contributed by atoms with Gasteiger partial charge in [-0.2, -0.15) is 0 Å². The minimum Gasteiger partial charge on any atom is -0.497 e. The van der Waals surface area contributed by atoms with E-state index in [-0.39, 0.29) is 5.78 Å². The smallest absolute Gasteiger partial charge is 0.192 e. The molecule has 114 valence electrons. The second kappa shape index (κ2) is 5.54. The molecule has 2 aliphatic carbocycles. The molecule has 0 unspecified atom stereocenters. The molecule has 2 nitrogen and oxygen atoms in total. The number of methoxy groups -OCH3 is 1. The quantitative estimate of drug-likeness (QED) is 0.789. The molecule has 4 rings (SSSR count). The number of allylic oxidation sites excluding steroid dienone is 4. The Kier molecular flexibility index (Phi) is 3.38. The van der Waals surface area contributed by atoms with E-state index in [1.165, 1.54) is 11.1 Å². The van der Waals surface area contributed by atoms with E-state index in [1.807, 2.05) is 30.3 Å². The lowest BCUT2D eigenvalue weighted by atomic mass is 9.84. The molecule has 2 aromatic rings. The molecule has 0 radical (unpaired) electrons. The SMILES string of the molecule is COc1ccc(C(=O)C2=C[C@H]3Cc4ccccc4[C@@H]3C=C2)cc1. The number of hydrogen-bond donors (Lipinski definition) is 0.